The number of aryl methyl sites for hydroxylation is 1. The van der Waals surface area contributed by atoms with Crippen molar-refractivity contribution in [3.05, 3.63) is 101 Å². The number of benzene rings is 3. The number of carbonyl (C=O) groups is 2. The highest BCUT2D eigenvalue weighted by Gasteiger charge is 2.52. The molecular formula is C30H27NO5. The summed E-state index contributed by atoms with van der Waals surface area (Å²) in [5, 5.41) is 4.00. The second kappa shape index (κ2) is 9.82. The molecule has 182 valence electrons. The molecule has 1 fully saturated rings. The predicted octanol–water partition coefficient (Wildman–Crippen LogP) is 6.27. The van der Waals surface area contributed by atoms with Crippen molar-refractivity contribution in [2.75, 3.05) is 6.61 Å². The molecule has 0 spiro atoms. The second-order valence-electron chi connectivity index (χ2n) is 8.99. The Balaban J connectivity index is 1.32. The van der Waals surface area contributed by atoms with E-state index in [1.165, 1.54) is 0 Å². The van der Waals surface area contributed by atoms with Crippen LogP contribution < -0.4 is 0 Å². The van der Waals surface area contributed by atoms with Crippen LogP contribution in [0, 0.1) is 6.92 Å². The lowest BCUT2D eigenvalue weighted by atomic mass is 9.93. The van der Waals surface area contributed by atoms with Crippen molar-refractivity contribution >= 4 is 11.9 Å². The van der Waals surface area contributed by atoms with E-state index >= 15 is 0 Å². The molecule has 36 heavy (non-hydrogen) atoms. The van der Waals surface area contributed by atoms with Crippen LogP contribution in [0.15, 0.2) is 83.4 Å². The van der Waals surface area contributed by atoms with Crippen molar-refractivity contribution < 1.29 is 23.6 Å². The van der Waals surface area contributed by atoms with Crippen molar-refractivity contribution in [3.8, 4) is 22.5 Å². The SMILES string of the molecule is CCOC(=O)C1(c2ccc(-c3ccc(-c4onc(C)c4C(=O)OCc4ccccc4)cc3)cc2)CC1. The van der Waals surface area contributed by atoms with Gasteiger partial charge >= 0.3 is 11.9 Å². The molecule has 0 unspecified atom stereocenters. The molecule has 0 N–H and O–H groups in total. The van der Waals surface area contributed by atoms with Gasteiger partial charge in [-0.2, -0.15) is 0 Å². The van der Waals surface area contributed by atoms with Gasteiger partial charge in [0, 0.05) is 5.56 Å². The Morgan fingerprint density at radius 1 is 0.861 bits per heavy atom. The molecule has 0 amide bonds. The third-order valence-corrected chi connectivity index (χ3v) is 6.61. The molecule has 1 heterocycles. The smallest absolute Gasteiger partial charge is 0.344 e. The van der Waals surface area contributed by atoms with Crippen LogP contribution in [-0.4, -0.2) is 23.7 Å². The van der Waals surface area contributed by atoms with Crippen LogP contribution in [0.1, 0.15) is 46.9 Å². The van der Waals surface area contributed by atoms with Crippen molar-refractivity contribution in [2.45, 2.75) is 38.7 Å². The maximum absolute atomic E-state index is 12.8. The Morgan fingerprint density at radius 2 is 1.47 bits per heavy atom. The van der Waals surface area contributed by atoms with E-state index in [0.29, 0.717) is 23.6 Å². The molecule has 1 aliphatic rings. The lowest BCUT2D eigenvalue weighted by Crippen LogP contribution is -2.23. The fourth-order valence-electron chi connectivity index (χ4n) is 4.40. The zero-order valence-electron chi connectivity index (χ0n) is 20.3. The average Bonchev–Trinajstić information content (AvgIpc) is 3.64. The zero-order chi connectivity index (χ0) is 25.1. The lowest BCUT2D eigenvalue weighted by Gasteiger charge is -2.14. The molecule has 0 atom stereocenters. The largest absolute Gasteiger partial charge is 0.465 e. The third kappa shape index (κ3) is 4.54. The summed E-state index contributed by atoms with van der Waals surface area (Å²) in [5.74, 6) is -0.219. The maximum atomic E-state index is 12.8. The quantitative estimate of drug-likeness (QED) is 0.276. The summed E-state index contributed by atoms with van der Waals surface area (Å²) in [6.45, 7) is 4.13. The van der Waals surface area contributed by atoms with Crippen molar-refractivity contribution in [1.29, 1.82) is 0 Å². The number of nitrogens with zero attached hydrogens (tertiary/aromatic N) is 1. The number of aromatic nitrogens is 1. The Hall–Kier alpha value is -4.19. The van der Waals surface area contributed by atoms with E-state index < -0.39 is 11.4 Å². The second-order valence-corrected chi connectivity index (χ2v) is 8.99. The van der Waals surface area contributed by atoms with E-state index in [4.69, 9.17) is 14.0 Å². The molecule has 6 nitrogen and oxygen atoms in total. The minimum absolute atomic E-state index is 0.137. The molecule has 6 heteroatoms. The Morgan fingerprint density at radius 3 is 2.08 bits per heavy atom. The van der Waals surface area contributed by atoms with Crippen molar-refractivity contribution in [2.24, 2.45) is 0 Å². The van der Waals surface area contributed by atoms with E-state index in [1.807, 2.05) is 85.8 Å². The van der Waals surface area contributed by atoms with Gasteiger partial charge in [-0.3, -0.25) is 4.79 Å². The molecule has 4 aromatic rings. The molecule has 1 aliphatic carbocycles. The molecule has 0 aliphatic heterocycles. The average molecular weight is 482 g/mol. The first-order valence-electron chi connectivity index (χ1n) is 12.1. The van der Waals surface area contributed by atoms with Gasteiger partial charge in [-0.05, 0) is 48.9 Å². The van der Waals surface area contributed by atoms with Crippen molar-refractivity contribution in [3.63, 3.8) is 0 Å². The van der Waals surface area contributed by atoms with Gasteiger partial charge in [0.15, 0.2) is 5.76 Å². The zero-order valence-corrected chi connectivity index (χ0v) is 20.3. The first kappa shape index (κ1) is 23.5. The number of carbonyl (C=O) groups excluding carboxylic acids is 2. The minimum Gasteiger partial charge on any atom is -0.465 e. The summed E-state index contributed by atoms with van der Waals surface area (Å²) in [6.07, 6.45) is 1.65. The van der Waals surface area contributed by atoms with Crippen LogP contribution in [-0.2, 0) is 26.3 Å². The number of esters is 2. The molecule has 0 radical (unpaired) electrons. The van der Waals surface area contributed by atoms with Gasteiger partial charge in [0.25, 0.3) is 0 Å². The van der Waals surface area contributed by atoms with Gasteiger partial charge in [0.1, 0.15) is 12.2 Å². The van der Waals surface area contributed by atoms with E-state index in [9.17, 15) is 9.59 Å². The lowest BCUT2D eigenvalue weighted by molar-refractivity contribution is -0.146. The van der Waals surface area contributed by atoms with Crippen LogP contribution in [0.2, 0.25) is 0 Å². The van der Waals surface area contributed by atoms with Crippen LogP contribution in [0.5, 0.6) is 0 Å². The normalized spacial score (nSPS) is 13.7. The maximum Gasteiger partial charge on any atom is 0.344 e. The van der Waals surface area contributed by atoms with E-state index in [0.717, 1.165) is 40.7 Å². The highest BCUT2D eigenvalue weighted by molar-refractivity contribution is 5.97. The Kier molecular flexibility index (Phi) is 6.42. The number of hydrogen-bond donors (Lipinski definition) is 0. The molecule has 0 bridgehead atoms. The summed E-state index contributed by atoms with van der Waals surface area (Å²) >= 11 is 0. The van der Waals surface area contributed by atoms with Crippen LogP contribution >= 0.6 is 0 Å². The fourth-order valence-corrected chi connectivity index (χ4v) is 4.40. The van der Waals surface area contributed by atoms with Crippen LogP contribution in [0.25, 0.3) is 22.5 Å². The standard InChI is InChI=1S/C30H27NO5/c1-3-34-29(33)30(17-18-30)25-15-13-23(14-16-25)22-9-11-24(12-10-22)27-26(20(2)31-36-27)28(32)35-19-21-7-5-4-6-8-21/h4-16H,3,17-19H2,1-2H3. The van der Waals surface area contributed by atoms with Gasteiger partial charge in [0.2, 0.25) is 0 Å². The van der Waals surface area contributed by atoms with Gasteiger partial charge in [0.05, 0.1) is 17.7 Å². The summed E-state index contributed by atoms with van der Waals surface area (Å²) < 4.78 is 16.3. The summed E-state index contributed by atoms with van der Waals surface area (Å²) in [5.41, 5.74) is 5.02. The molecule has 3 aromatic carbocycles. The van der Waals surface area contributed by atoms with Crippen LogP contribution in [0.3, 0.4) is 0 Å². The highest BCUT2D eigenvalue weighted by atomic mass is 16.5. The van der Waals surface area contributed by atoms with Gasteiger partial charge < -0.3 is 14.0 Å². The molecule has 0 saturated heterocycles. The highest BCUT2D eigenvalue weighted by Crippen LogP contribution is 2.49. The monoisotopic (exact) mass is 481 g/mol. The van der Waals surface area contributed by atoms with Gasteiger partial charge in [-0.15, -0.1) is 0 Å². The summed E-state index contributed by atoms with van der Waals surface area (Å²) in [7, 11) is 0. The fraction of sp³-hybridized carbons (Fsp3) is 0.233. The van der Waals surface area contributed by atoms with E-state index in [-0.39, 0.29) is 12.6 Å². The number of ether oxygens (including phenoxy) is 2. The van der Waals surface area contributed by atoms with Crippen LogP contribution in [0.4, 0.5) is 0 Å². The molecule has 1 aromatic heterocycles. The number of hydrogen-bond acceptors (Lipinski definition) is 6. The molecule has 5 rings (SSSR count). The first-order chi connectivity index (χ1) is 17.5. The topological polar surface area (TPSA) is 78.6 Å². The number of rotatable bonds is 8. The summed E-state index contributed by atoms with van der Waals surface area (Å²) in [6, 6.07) is 25.3. The predicted molar refractivity (Wildman–Crippen MR) is 135 cm³/mol. The minimum atomic E-state index is -0.478. The van der Waals surface area contributed by atoms with E-state index in [2.05, 4.69) is 5.16 Å². The van der Waals surface area contributed by atoms with E-state index in [1.54, 1.807) is 6.92 Å². The molecular weight excluding hydrogens is 454 g/mol. The Bertz CT molecular complexity index is 1370. The van der Waals surface area contributed by atoms with Crippen molar-refractivity contribution in [1.82, 2.24) is 5.16 Å². The Labute approximate surface area is 209 Å². The van der Waals surface area contributed by atoms with Gasteiger partial charge in [-0.1, -0.05) is 84.0 Å². The third-order valence-electron chi connectivity index (χ3n) is 6.61. The summed E-state index contributed by atoms with van der Waals surface area (Å²) in [4.78, 5) is 25.2. The van der Waals surface area contributed by atoms with Gasteiger partial charge in [-0.25, -0.2) is 4.79 Å². The first-order valence-corrected chi connectivity index (χ1v) is 12.1. The molecule has 1 saturated carbocycles.